The maximum atomic E-state index is 13.3. The van der Waals surface area contributed by atoms with E-state index in [9.17, 15) is 23.1 Å². The average Bonchev–Trinajstić information content (AvgIpc) is 2.93. The molecule has 0 spiro atoms. The molecule has 1 aromatic heterocycles. The molecule has 1 saturated heterocycles. The number of aryl methyl sites for hydroxylation is 1. The summed E-state index contributed by atoms with van der Waals surface area (Å²) >= 11 is 1.73. The van der Waals surface area contributed by atoms with Crippen LogP contribution in [0.2, 0.25) is 0 Å². The number of thioether (sulfide) groups is 1. The Hall–Kier alpha value is -1.26. The molecule has 3 N–H and O–H groups in total. The van der Waals surface area contributed by atoms with Gasteiger partial charge in [0.15, 0.2) is 0 Å². The Morgan fingerprint density at radius 3 is 2.88 bits per heavy atom. The maximum absolute atomic E-state index is 13.3. The van der Waals surface area contributed by atoms with E-state index in [0.29, 0.717) is 0 Å². The molecule has 2 rings (SSSR count). The van der Waals surface area contributed by atoms with E-state index >= 15 is 0 Å². The average molecular weight is 366 g/mol. The minimum Gasteiger partial charge on any atom is -0.374 e. The van der Waals surface area contributed by atoms with Crippen molar-refractivity contribution in [3.63, 3.8) is 0 Å². The highest BCUT2D eigenvalue weighted by atomic mass is 32.2. The lowest BCUT2D eigenvalue weighted by Crippen LogP contribution is -2.47. The van der Waals surface area contributed by atoms with Crippen LogP contribution >= 0.6 is 11.8 Å². The number of nitrogens with zero attached hydrogens (tertiary/aromatic N) is 2. The number of aromatic nitrogens is 2. The van der Waals surface area contributed by atoms with E-state index in [1.165, 1.54) is 19.4 Å². The van der Waals surface area contributed by atoms with Crippen LogP contribution < -0.4 is 10.6 Å². The second kappa shape index (κ2) is 7.75. The largest absolute Gasteiger partial charge is 0.424 e. The summed E-state index contributed by atoms with van der Waals surface area (Å²) in [5.74, 6) is 0.960. The fourth-order valence-corrected chi connectivity index (χ4v) is 3.52. The summed E-state index contributed by atoms with van der Waals surface area (Å²) in [5.41, 5.74) is -3.10. The van der Waals surface area contributed by atoms with Crippen molar-refractivity contribution in [2.24, 2.45) is 7.05 Å². The number of carbonyl (C=O) groups excluding carboxylic acids is 1. The number of hydrogen-bond acceptors (Lipinski definition) is 5. The number of nitrogens with one attached hydrogen (secondary N) is 2. The van der Waals surface area contributed by atoms with Gasteiger partial charge in [0.25, 0.3) is 0 Å². The van der Waals surface area contributed by atoms with Gasteiger partial charge in [-0.1, -0.05) is 0 Å². The normalized spacial score (nSPS) is 21.3. The van der Waals surface area contributed by atoms with Crippen LogP contribution in [-0.4, -0.2) is 57.4 Å². The molecule has 0 radical (unpaired) electrons. The third-order valence-electron chi connectivity index (χ3n) is 3.90. The molecule has 1 aromatic rings. The van der Waals surface area contributed by atoms with Crippen molar-refractivity contribution in [2.75, 3.05) is 24.6 Å². The second-order valence-corrected chi connectivity index (χ2v) is 6.90. The smallest absolute Gasteiger partial charge is 0.374 e. The number of imidazole rings is 1. The summed E-state index contributed by atoms with van der Waals surface area (Å²) < 4.78 is 41.1. The minimum absolute atomic E-state index is 0.0276. The standard InChI is InChI=1S/C14H21F3N4O2S/c1-21-6-4-20-12(21)13(23,14(15,16)17)2-3-19-11(22)8-10-9-24-7-5-18-10/h4,6,10,18,23H,2-3,5,7-9H2,1H3,(H,19,22). The Balaban J connectivity index is 1.92. The molecule has 2 atom stereocenters. The molecule has 6 nitrogen and oxygen atoms in total. The van der Waals surface area contributed by atoms with Gasteiger partial charge in [-0.15, -0.1) is 0 Å². The molecule has 136 valence electrons. The van der Waals surface area contributed by atoms with Crippen LogP contribution in [0.4, 0.5) is 13.2 Å². The van der Waals surface area contributed by atoms with Crippen LogP contribution in [0.1, 0.15) is 18.7 Å². The van der Waals surface area contributed by atoms with Gasteiger partial charge in [-0.2, -0.15) is 24.9 Å². The third kappa shape index (κ3) is 4.42. The van der Waals surface area contributed by atoms with E-state index in [-0.39, 0.29) is 24.9 Å². The molecule has 24 heavy (non-hydrogen) atoms. The third-order valence-corrected chi connectivity index (χ3v) is 5.03. The molecule has 1 amide bonds. The number of aliphatic hydroxyl groups is 1. The number of amides is 1. The zero-order valence-electron chi connectivity index (χ0n) is 13.3. The van der Waals surface area contributed by atoms with Crippen molar-refractivity contribution in [3.8, 4) is 0 Å². The monoisotopic (exact) mass is 366 g/mol. The van der Waals surface area contributed by atoms with Crippen LogP contribution in [-0.2, 0) is 17.4 Å². The Kier molecular flexibility index (Phi) is 6.16. The topological polar surface area (TPSA) is 79.2 Å². The predicted molar refractivity (Wildman–Crippen MR) is 84.5 cm³/mol. The summed E-state index contributed by atoms with van der Waals surface area (Å²) in [6.07, 6.45) is -2.85. The number of rotatable bonds is 6. The molecule has 0 aromatic carbocycles. The quantitative estimate of drug-likeness (QED) is 0.693. The highest BCUT2D eigenvalue weighted by molar-refractivity contribution is 7.99. The van der Waals surface area contributed by atoms with Crippen molar-refractivity contribution in [1.29, 1.82) is 0 Å². The Morgan fingerprint density at radius 1 is 1.58 bits per heavy atom. The van der Waals surface area contributed by atoms with Gasteiger partial charge in [0.05, 0.1) is 0 Å². The number of alkyl halides is 3. The first-order valence-corrected chi connectivity index (χ1v) is 8.74. The Bertz CT molecular complexity index is 560. The van der Waals surface area contributed by atoms with E-state index in [0.717, 1.165) is 22.6 Å². The van der Waals surface area contributed by atoms with E-state index in [4.69, 9.17) is 0 Å². The SMILES string of the molecule is Cn1ccnc1C(O)(CCNC(=O)CC1CSCCN1)C(F)(F)F. The summed E-state index contributed by atoms with van der Waals surface area (Å²) in [7, 11) is 1.38. The summed E-state index contributed by atoms with van der Waals surface area (Å²) in [5, 5.41) is 15.8. The van der Waals surface area contributed by atoms with Gasteiger partial charge < -0.3 is 20.3 Å². The first-order valence-electron chi connectivity index (χ1n) is 7.59. The second-order valence-electron chi connectivity index (χ2n) is 5.75. The van der Waals surface area contributed by atoms with E-state index in [1.807, 2.05) is 0 Å². The van der Waals surface area contributed by atoms with Gasteiger partial charge in [-0.25, -0.2) is 4.98 Å². The number of halogens is 3. The minimum atomic E-state index is -4.89. The van der Waals surface area contributed by atoms with Crippen LogP contribution in [0.15, 0.2) is 12.4 Å². The highest BCUT2D eigenvalue weighted by Gasteiger charge is 2.57. The molecule has 2 heterocycles. The lowest BCUT2D eigenvalue weighted by molar-refractivity contribution is -0.272. The van der Waals surface area contributed by atoms with E-state index in [1.54, 1.807) is 11.8 Å². The summed E-state index contributed by atoms with van der Waals surface area (Å²) in [6.45, 7) is 0.525. The van der Waals surface area contributed by atoms with Crippen LogP contribution in [0.25, 0.3) is 0 Å². The maximum Gasteiger partial charge on any atom is 0.424 e. The molecule has 0 saturated carbocycles. The number of hydrogen-bond donors (Lipinski definition) is 3. The van der Waals surface area contributed by atoms with Crippen LogP contribution in [0, 0.1) is 0 Å². The van der Waals surface area contributed by atoms with Crippen molar-refractivity contribution in [2.45, 2.75) is 30.7 Å². The highest BCUT2D eigenvalue weighted by Crippen LogP contribution is 2.40. The summed E-state index contributed by atoms with van der Waals surface area (Å²) in [4.78, 5) is 15.5. The molecule has 1 fully saturated rings. The first-order chi connectivity index (χ1) is 11.2. The van der Waals surface area contributed by atoms with Gasteiger partial charge in [0.1, 0.15) is 5.82 Å². The van der Waals surface area contributed by atoms with Crippen LogP contribution in [0.3, 0.4) is 0 Å². The summed E-state index contributed by atoms with van der Waals surface area (Å²) in [6, 6.07) is 0.0276. The van der Waals surface area contributed by atoms with Gasteiger partial charge >= 0.3 is 6.18 Å². The molecular formula is C14H21F3N4O2S. The molecule has 0 aliphatic carbocycles. The molecule has 1 aliphatic rings. The van der Waals surface area contributed by atoms with Crippen molar-refractivity contribution in [3.05, 3.63) is 18.2 Å². The zero-order valence-corrected chi connectivity index (χ0v) is 14.1. The number of carbonyl (C=O) groups is 1. The predicted octanol–water partition coefficient (Wildman–Crippen LogP) is 0.771. The Morgan fingerprint density at radius 2 is 2.33 bits per heavy atom. The molecule has 1 aliphatic heterocycles. The van der Waals surface area contributed by atoms with E-state index < -0.39 is 24.0 Å². The molecule has 2 unspecified atom stereocenters. The van der Waals surface area contributed by atoms with Crippen molar-refractivity contribution in [1.82, 2.24) is 20.2 Å². The zero-order chi connectivity index (χ0) is 17.8. The van der Waals surface area contributed by atoms with Crippen molar-refractivity contribution >= 4 is 17.7 Å². The first kappa shape index (κ1) is 19.1. The fourth-order valence-electron chi connectivity index (χ4n) is 2.57. The Labute approximate surface area is 142 Å². The van der Waals surface area contributed by atoms with Crippen LogP contribution in [0.5, 0.6) is 0 Å². The van der Waals surface area contributed by atoms with Gasteiger partial charge in [-0.05, 0) is 0 Å². The van der Waals surface area contributed by atoms with Gasteiger partial charge in [0, 0.05) is 62.9 Å². The van der Waals surface area contributed by atoms with Gasteiger partial charge in [-0.3, -0.25) is 4.79 Å². The van der Waals surface area contributed by atoms with Gasteiger partial charge in [0.2, 0.25) is 11.5 Å². The molecular weight excluding hydrogens is 345 g/mol. The molecule has 10 heteroatoms. The fraction of sp³-hybridized carbons (Fsp3) is 0.714. The van der Waals surface area contributed by atoms with Crippen molar-refractivity contribution < 1.29 is 23.1 Å². The molecule has 0 bridgehead atoms. The lowest BCUT2D eigenvalue weighted by atomic mass is 9.97. The van der Waals surface area contributed by atoms with E-state index in [2.05, 4.69) is 15.6 Å². The lowest BCUT2D eigenvalue weighted by Gasteiger charge is -2.30.